The average molecular weight is 792 g/mol. The minimum atomic E-state index is -0.255. The molecule has 3 saturated carbocycles. The van der Waals surface area contributed by atoms with E-state index in [2.05, 4.69) is 35.9 Å². The first-order valence-corrected chi connectivity index (χ1v) is 22.1. The molecule has 5 aliphatic carbocycles. The number of aromatic hydroxyl groups is 2. The second-order valence-electron chi connectivity index (χ2n) is 18.1. The molecule has 0 amide bonds. The summed E-state index contributed by atoms with van der Waals surface area (Å²) in [6.45, 7) is 2.65. The first kappa shape index (κ1) is 41.9. The van der Waals surface area contributed by atoms with E-state index in [4.69, 9.17) is 20.9 Å². The number of nitrogens with two attached hydrogens (primary N) is 2. The number of methoxy groups -OCH3 is 1. The molecule has 2 aromatic carbocycles. The van der Waals surface area contributed by atoms with E-state index in [-0.39, 0.29) is 78.0 Å². The van der Waals surface area contributed by atoms with Crippen LogP contribution in [0.25, 0.3) is 0 Å². The lowest BCUT2D eigenvalue weighted by atomic mass is 9.55. The quantitative estimate of drug-likeness (QED) is 0.0420. The van der Waals surface area contributed by atoms with Gasteiger partial charge in [-0.05, 0) is 135 Å². The molecule has 3 fully saturated rings. The lowest BCUT2D eigenvalue weighted by Crippen LogP contribution is -2.41. The molecule has 7 N–H and O–H groups in total. The van der Waals surface area contributed by atoms with Crippen LogP contribution in [0.4, 0.5) is 0 Å². The van der Waals surface area contributed by atoms with Crippen LogP contribution in [0.15, 0.2) is 58.6 Å². The van der Waals surface area contributed by atoms with Crippen molar-refractivity contribution in [2.75, 3.05) is 20.3 Å². The molecule has 312 valence electrons. The molecule has 9 heteroatoms. The third-order valence-electron chi connectivity index (χ3n) is 13.9. The van der Waals surface area contributed by atoms with Gasteiger partial charge in [0.15, 0.2) is 23.2 Å². The number of allylic oxidation sites excluding steroid dienone is 3. The fourth-order valence-corrected chi connectivity index (χ4v) is 11.2. The zero-order valence-electron chi connectivity index (χ0n) is 34.6. The highest BCUT2D eigenvalue weighted by molar-refractivity contribution is 5.90. The monoisotopic (exact) mass is 791 g/mol. The van der Waals surface area contributed by atoms with Crippen LogP contribution in [-0.2, 0) is 16.0 Å². The number of aliphatic hydroxyl groups excluding tert-OH is 1. The van der Waals surface area contributed by atoms with Gasteiger partial charge in [-0.1, -0.05) is 68.2 Å². The van der Waals surface area contributed by atoms with E-state index in [1.54, 1.807) is 19.3 Å². The van der Waals surface area contributed by atoms with Gasteiger partial charge in [-0.2, -0.15) is 0 Å². The Hall–Kier alpha value is -4.26. The van der Waals surface area contributed by atoms with Gasteiger partial charge in [-0.3, -0.25) is 4.79 Å². The van der Waals surface area contributed by atoms with Gasteiger partial charge >= 0.3 is 0 Å². The number of rotatable bonds is 14. The number of aryl methyl sites for hydroxylation is 1. The van der Waals surface area contributed by atoms with E-state index in [9.17, 15) is 20.1 Å². The summed E-state index contributed by atoms with van der Waals surface area (Å²) in [5.41, 5.74) is 17.7. The number of hydrogen-bond donors (Lipinski definition) is 5. The molecule has 0 heterocycles. The molecule has 0 aliphatic heterocycles. The molecule has 5 aliphatic rings. The Bertz CT molecular complexity index is 1930. The summed E-state index contributed by atoms with van der Waals surface area (Å²) in [4.78, 5) is 18.4. The van der Waals surface area contributed by atoms with Crippen LogP contribution in [0.5, 0.6) is 17.2 Å². The number of hydrogen-bond acceptors (Lipinski definition) is 7. The van der Waals surface area contributed by atoms with Crippen molar-refractivity contribution in [3.63, 3.8) is 0 Å². The van der Waals surface area contributed by atoms with Gasteiger partial charge in [0.2, 0.25) is 0 Å². The Morgan fingerprint density at radius 3 is 2.52 bits per heavy atom. The molecule has 0 saturated heterocycles. The SMILES string of the molecule is COC[C@@H]1[C@H]2c3c(O)c(OC4CCCC4)cc(CCC(=O)/C=C(\CO)CCC4CCCC4)c3C#CC[C@H](N=C(N)N)C[C@H]1C=C1[C@H]2C[C@H](C)C[C@@H]1c1cccc(O)c1. The molecular formula is C49H65N3O6. The molecule has 0 spiro atoms. The van der Waals surface area contributed by atoms with Gasteiger partial charge in [-0.15, -0.1) is 0 Å². The van der Waals surface area contributed by atoms with Crippen molar-refractivity contribution >= 4 is 11.7 Å². The fourth-order valence-electron chi connectivity index (χ4n) is 11.2. The molecule has 9 nitrogen and oxygen atoms in total. The standard InChI is InChI=1S/C49H65N3O6/c1-30-21-41(33-11-7-13-37(54)25-33)42-26-35-24-36(52-49(50)51)12-8-16-40-34(19-20-38(55)23-32(28-53)18-17-31-9-3-4-10-31)27-45(58-39-14-5-6-15-39)48(56)47(40)46(43(42)22-30)44(35)29-57-2/h7,11,13,23,25-27,30-31,35-36,39,41,43-44,46,53-54,56H,3-6,9-10,12,14-15,17-22,24,28-29H2,1-2H3,(H4,50,51,52)/b32-23-/t30-,35+,36+,41-,43-,44+,46+/m1/s1. The lowest BCUT2D eigenvalue weighted by Gasteiger charge is -2.49. The van der Waals surface area contributed by atoms with Crippen LogP contribution in [0.3, 0.4) is 0 Å². The Labute approximate surface area is 345 Å². The summed E-state index contributed by atoms with van der Waals surface area (Å²) in [5.74, 6) is 8.76. The van der Waals surface area contributed by atoms with Crippen molar-refractivity contribution in [1.29, 1.82) is 0 Å². The number of guanidine groups is 1. The summed E-state index contributed by atoms with van der Waals surface area (Å²) in [7, 11) is 1.74. The minimum absolute atomic E-state index is 0.000345. The molecule has 2 bridgehead atoms. The maximum Gasteiger partial charge on any atom is 0.186 e. The summed E-state index contributed by atoms with van der Waals surface area (Å²) in [5, 5.41) is 33.5. The number of carbonyl (C=O) groups is 1. The molecule has 0 unspecified atom stereocenters. The Balaban J connectivity index is 1.36. The molecule has 7 rings (SSSR count). The smallest absolute Gasteiger partial charge is 0.186 e. The molecule has 0 aromatic heterocycles. The number of aliphatic hydroxyl groups is 1. The first-order valence-electron chi connectivity index (χ1n) is 22.1. The summed E-state index contributed by atoms with van der Waals surface area (Å²) in [6, 6.07) is 9.32. The van der Waals surface area contributed by atoms with Crippen molar-refractivity contribution in [1.82, 2.24) is 0 Å². The molecule has 58 heavy (non-hydrogen) atoms. The van der Waals surface area contributed by atoms with Crippen molar-refractivity contribution in [2.24, 2.45) is 46.0 Å². The van der Waals surface area contributed by atoms with Crippen molar-refractivity contribution in [3.8, 4) is 29.1 Å². The summed E-state index contributed by atoms with van der Waals surface area (Å²) < 4.78 is 12.8. The molecule has 7 atom stereocenters. The number of ketones is 1. The van der Waals surface area contributed by atoms with E-state index >= 15 is 0 Å². The zero-order valence-corrected chi connectivity index (χ0v) is 34.6. The van der Waals surface area contributed by atoms with Crippen LogP contribution in [0.2, 0.25) is 0 Å². The Morgan fingerprint density at radius 2 is 1.79 bits per heavy atom. The van der Waals surface area contributed by atoms with E-state index < -0.39 is 0 Å². The van der Waals surface area contributed by atoms with Crippen LogP contribution >= 0.6 is 0 Å². The summed E-state index contributed by atoms with van der Waals surface area (Å²) >= 11 is 0. The van der Waals surface area contributed by atoms with E-state index in [1.165, 1.54) is 31.3 Å². The van der Waals surface area contributed by atoms with Crippen molar-refractivity contribution in [2.45, 2.75) is 134 Å². The second-order valence-corrected chi connectivity index (χ2v) is 18.1. The number of carbonyl (C=O) groups excluding carboxylic acids is 1. The number of phenols is 2. The van der Waals surface area contributed by atoms with Crippen LogP contribution in [-0.4, -0.2) is 59.5 Å². The lowest BCUT2D eigenvalue weighted by molar-refractivity contribution is -0.114. The van der Waals surface area contributed by atoms with Crippen molar-refractivity contribution in [3.05, 3.63) is 75.9 Å². The van der Waals surface area contributed by atoms with Crippen molar-refractivity contribution < 1.29 is 29.6 Å². The number of ether oxygens (including phenoxy) is 2. The van der Waals surface area contributed by atoms with E-state index in [0.29, 0.717) is 43.5 Å². The molecular weight excluding hydrogens is 727 g/mol. The number of phenolic OH excluding ortho intramolecular Hbond substituents is 2. The van der Waals surface area contributed by atoms with Gasteiger partial charge in [-0.25, -0.2) is 4.99 Å². The maximum absolute atomic E-state index is 13.7. The molecule has 0 radical (unpaired) electrons. The topological polar surface area (TPSA) is 161 Å². The predicted molar refractivity (Wildman–Crippen MR) is 229 cm³/mol. The number of benzene rings is 2. The van der Waals surface area contributed by atoms with Gasteiger partial charge < -0.3 is 36.3 Å². The second kappa shape index (κ2) is 19.2. The molecule has 2 aromatic rings. The van der Waals surface area contributed by atoms with Crippen LogP contribution in [0, 0.1) is 41.4 Å². The number of aliphatic imine (C=N–C) groups is 1. The zero-order chi connectivity index (χ0) is 40.8. The van der Waals surface area contributed by atoms with Crippen LogP contribution in [0.1, 0.15) is 137 Å². The highest BCUT2D eigenvalue weighted by atomic mass is 16.5. The Kier molecular flexibility index (Phi) is 13.9. The first-order chi connectivity index (χ1) is 28.1. The predicted octanol–water partition coefficient (Wildman–Crippen LogP) is 8.33. The number of fused-ring (bicyclic) bond motifs is 6. The van der Waals surface area contributed by atoms with Gasteiger partial charge in [0.25, 0.3) is 0 Å². The third-order valence-corrected chi connectivity index (χ3v) is 13.9. The number of nitrogens with zero attached hydrogens (tertiary/aromatic N) is 1. The fraction of sp³-hybridized carbons (Fsp3) is 0.592. The van der Waals surface area contributed by atoms with E-state index in [1.807, 2.05) is 18.2 Å². The highest BCUT2D eigenvalue weighted by Gasteiger charge is 2.48. The largest absolute Gasteiger partial charge is 0.508 e. The van der Waals surface area contributed by atoms with Crippen LogP contribution < -0.4 is 16.2 Å². The normalized spacial score (nSPS) is 27.5. The summed E-state index contributed by atoms with van der Waals surface area (Å²) in [6.07, 6.45) is 18.5. The van der Waals surface area contributed by atoms with Gasteiger partial charge in [0, 0.05) is 42.9 Å². The average Bonchev–Trinajstić information content (AvgIpc) is 3.92. The highest BCUT2D eigenvalue weighted by Crippen LogP contribution is 2.59. The van der Waals surface area contributed by atoms with Gasteiger partial charge in [0.1, 0.15) is 5.75 Å². The third kappa shape index (κ3) is 9.77. The van der Waals surface area contributed by atoms with Gasteiger partial charge in [0.05, 0.1) is 25.4 Å². The maximum atomic E-state index is 13.7. The van der Waals surface area contributed by atoms with E-state index in [0.717, 1.165) is 79.2 Å². The minimum Gasteiger partial charge on any atom is -0.508 e. The Morgan fingerprint density at radius 1 is 1.02 bits per heavy atom.